The zero-order chi connectivity index (χ0) is 19.6. The van der Waals surface area contributed by atoms with Crippen molar-refractivity contribution >= 4 is 23.7 Å². The summed E-state index contributed by atoms with van der Waals surface area (Å²) in [7, 11) is 0. The number of benzene rings is 2. The molecule has 0 spiro atoms. The molecule has 1 aliphatic carbocycles. The largest absolute Gasteiger partial charge is 0.511 e. The molecule has 1 N–H and O–H groups in total. The van der Waals surface area contributed by atoms with Gasteiger partial charge in [-0.05, 0) is 54.2 Å². The minimum Gasteiger partial charge on any atom is -0.449 e. The molecule has 1 aliphatic rings. The highest BCUT2D eigenvalue weighted by Gasteiger charge is 2.33. The summed E-state index contributed by atoms with van der Waals surface area (Å²) in [4.78, 5) is 26.0. The van der Waals surface area contributed by atoms with E-state index < -0.39 is 6.16 Å². The SMILES string of the molecule is CC(C)CN(C(=O)c1ccccc1Cl)[C@@H]1CCc2ccc(OC(=O)O)cc21. The molecule has 0 fully saturated rings. The summed E-state index contributed by atoms with van der Waals surface area (Å²) in [6, 6.07) is 12.2. The fourth-order valence-electron chi connectivity index (χ4n) is 3.58. The second-order valence-corrected chi connectivity index (χ2v) is 7.52. The Morgan fingerprint density at radius 2 is 2.00 bits per heavy atom. The third kappa shape index (κ3) is 4.25. The van der Waals surface area contributed by atoms with Gasteiger partial charge in [-0.25, -0.2) is 4.79 Å². The number of ether oxygens (including phenoxy) is 1. The highest BCUT2D eigenvalue weighted by Crippen LogP contribution is 2.39. The quantitative estimate of drug-likeness (QED) is 0.566. The van der Waals surface area contributed by atoms with Gasteiger partial charge in [0.05, 0.1) is 16.6 Å². The lowest BCUT2D eigenvalue weighted by molar-refractivity contribution is 0.0649. The van der Waals surface area contributed by atoms with Gasteiger partial charge in [-0.1, -0.05) is 43.6 Å². The summed E-state index contributed by atoms with van der Waals surface area (Å²) in [6.45, 7) is 4.71. The number of rotatable bonds is 5. The minimum absolute atomic E-state index is 0.114. The second kappa shape index (κ2) is 8.01. The van der Waals surface area contributed by atoms with Gasteiger partial charge in [0, 0.05) is 6.54 Å². The van der Waals surface area contributed by atoms with Crippen LogP contribution >= 0.6 is 11.6 Å². The Morgan fingerprint density at radius 1 is 1.26 bits per heavy atom. The van der Waals surface area contributed by atoms with E-state index >= 15 is 0 Å². The van der Waals surface area contributed by atoms with Gasteiger partial charge < -0.3 is 14.7 Å². The minimum atomic E-state index is -1.35. The van der Waals surface area contributed by atoms with Crippen LogP contribution in [0.3, 0.4) is 0 Å². The maximum atomic E-state index is 13.3. The smallest absolute Gasteiger partial charge is 0.449 e. The third-order valence-corrected chi connectivity index (χ3v) is 5.00. The fourth-order valence-corrected chi connectivity index (χ4v) is 3.80. The number of aryl methyl sites for hydroxylation is 1. The lowest BCUT2D eigenvalue weighted by Crippen LogP contribution is -2.37. The van der Waals surface area contributed by atoms with Crippen LogP contribution in [0.1, 0.15) is 47.8 Å². The number of fused-ring (bicyclic) bond motifs is 1. The van der Waals surface area contributed by atoms with E-state index in [1.807, 2.05) is 11.0 Å². The normalized spacial score (nSPS) is 15.5. The average Bonchev–Trinajstić information content (AvgIpc) is 3.02. The molecular weight excluding hydrogens is 366 g/mol. The number of carboxylic acid groups (broad SMARTS) is 1. The lowest BCUT2D eigenvalue weighted by Gasteiger charge is -2.32. The molecule has 5 nitrogen and oxygen atoms in total. The van der Waals surface area contributed by atoms with Crippen molar-refractivity contribution in [3.63, 3.8) is 0 Å². The zero-order valence-corrected chi connectivity index (χ0v) is 16.1. The van der Waals surface area contributed by atoms with Gasteiger partial charge in [0.15, 0.2) is 0 Å². The van der Waals surface area contributed by atoms with Crippen LogP contribution in [-0.2, 0) is 6.42 Å². The maximum Gasteiger partial charge on any atom is 0.511 e. The van der Waals surface area contributed by atoms with Gasteiger partial charge in [-0.3, -0.25) is 4.79 Å². The highest BCUT2D eigenvalue weighted by molar-refractivity contribution is 6.33. The molecule has 142 valence electrons. The molecule has 27 heavy (non-hydrogen) atoms. The highest BCUT2D eigenvalue weighted by atomic mass is 35.5. The van der Waals surface area contributed by atoms with E-state index in [1.54, 1.807) is 36.4 Å². The summed E-state index contributed by atoms with van der Waals surface area (Å²) < 4.78 is 4.80. The van der Waals surface area contributed by atoms with Crippen molar-refractivity contribution in [2.45, 2.75) is 32.7 Å². The van der Waals surface area contributed by atoms with Crippen LogP contribution in [-0.4, -0.2) is 28.6 Å². The van der Waals surface area contributed by atoms with Crippen molar-refractivity contribution in [2.24, 2.45) is 5.92 Å². The van der Waals surface area contributed by atoms with Crippen molar-refractivity contribution in [1.82, 2.24) is 4.90 Å². The predicted octanol–water partition coefficient (Wildman–Crippen LogP) is 5.18. The Morgan fingerprint density at radius 3 is 2.67 bits per heavy atom. The average molecular weight is 388 g/mol. The molecule has 6 heteroatoms. The van der Waals surface area contributed by atoms with Crippen LogP contribution in [0.15, 0.2) is 42.5 Å². The topological polar surface area (TPSA) is 66.8 Å². The number of hydrogen-bond donors (Lipinski definition) is 1. The molecule has 0 aliphatic heterocycles. The van der Waals surface area contributed by atoms with Crippen LogP contribution in [0.25, 0.3) is 0 Å². The van der Waals surface area contributed by atoms with Crippen molar-refractivity contribution in [1.29, 1.82) is 0 Å². The first-order chi connectivity index (χ1) is 12.9. The van der Waals surface area contributed by atoms with E-state index in [0.29, 0.717) is 17.1 Å². The molecule has 1 amide bonds. The Bertz CT molecular complexity index is 865. The van der Waals surface area contributed by atoms with Gasteiger partial charge in [0.25, 0.3) is 5.91 Å². The summed E-state index contributed by atoms with van der Waals surface area (Å²) >= 11 is 6.26. The van der Waals surface area contributed by atoms with Gasteiger partial charge in [-0.15, -0.1) is 0 Å². The zero-order valence-electron chi connectivity index (χ0n) is 15.3. The van der Waals surface area contributed by atoms with Crippen LogP contribution < -0.4 is 4.74 Å². The van der Waals surface area contributed by atoms with Crippen molar-refractivity contribution in [2.75, 3.05) is 6.54 Å². The van der Waals surface area contributed by atoms with Crippen LogP contribution in [0, 0.1) is 5.92 Å². The van der Waals surface area contributed by atoms with Crippen LogP contribution in [0.5, 0.6) is 5.75 Å². The van der Waals surface area contributed by atoms with Crippen LogP contribution in [0.2, 0.25) is 5.02 Å². The van der Waals surface area contributed by atoms with Gasteiger partial charge in [-0.2, -0.15) is 0 Å². The second-order valence-electron chi connectivity index (χ2n) is 7.11. The number of halogens is 1. The van der Waals surface area contributed by atoms with E-state index in [9.17, 15) is 9.59 Å². The number of nitrogens with zero attached hydrogens (tertiary/aromatic N) is 1. The van der Waals surface area contributed by atoms with E-state index in [4.69, 9.17) is 21.4 Å². The molecule has 0 saturated heterocycles. The number of carbonyl (C=O) groups is 2. The predicted molar refractivity (Wildman–Crippen MR) is 103 cm³/mol. The maximum absolute atomic E-state index is 13.3. The van der Waals surface area contributed by atoms with E-state index in [0.717, 1.165) is 24.0 Å². The molecule has 2 aromatic rings. The summed E-state index contributed by atoms with van der Waals surface area (Å²) in [6.07, 6.45) is 0.266. The van der Waals surface area contributed by atoms with E-state index in [2.05, 4.69) is 13.8 Å². The van der Waals surface area contributed by atoms with Crippen molar-refractivity contribution < 1.29 is 19.4 Å². The molecule has 0 aromatic heterocycles. The lowest BCUT2D eigenvalue weighted by atomic mass is 10.0. The van der Waals surface area contributed by atoms with E-state index in [1.165, 1.54) is 0 Å². The summed E-state index contributed by atoms with van der Waals surface area (Å²) in [5.41, 5.74) is 2.53. The molecule has 0 radical (unpaired) electrons. The summed E-state index contributed by atoms with van der Waals surface area (Å²) in [5, 5.41) is 9.30. The first-order valence-electron chi connectivity index (χ1n) is 8.96. The van der Waals surface area contributed by atoms with Gasteiger partial charge in [0.1, 0.15) is 5.75 Å². The Kier molecular flexibility index (Phi) is 5.71. The van der Waals surface area contributed by atoms with Crippen molar-refractivity contribution in [3.05, 3.63) is 64.2 Å². The molecular formula is C21H22ClNO4. The van der Waals surface area contributed by atoms with Crippen LogP contribution in [0.4, 0.5) is 4.79 Å². The van der Waals surface area contributed by atoms with Crippen molar-refractivity contribution in [3.8, 4) is 5.75 Å². The molecule has 3 rings (SSSR count). The number of carbonyl (C=O) groups excluding carboxylic acids is 1. The third-order valence-electron chi connectivity index (χ3n) is 4.67. The molecule has 0 unspecified atom stereocenters. The fraction of sp³-hybridized carbons (Fsp3) is 0.333. The monoisotopic (exact) mass is 387 g/mol. The standard InChI is InChI=1S/C21H22ClNO4/c1-13(2)12-23(20(24)16-5-3-4-6-18(16)22)19-10-8-14-7-9-15(11-17(14)19)27-21(25)26/h3-7,9,11,13,19H,8,10,12H2,1-2H3,(H,25,26)/t19-/m1/s1. The van der Waals surface area contributed by atoms with Gasteiger partial charge in [0.2, 0.25) is 0 Å². The Labute approximate surface area is 163 Å². The molecule has 0 bridgehead atoms. The first-order valence-corrected chi connectivity index (χ1v) is 9.33. The number of hydrogen-bond acceptors (Lipinski definition) is 3. The molecule has 0 heterocycles. The molecule has 0 saturated carbocycles. The van der Waals surface area contributed by atoms with Gasteiger partial charge >= 0.3 is 6.16 Å². The summed E-state index contributed by atoms with van der Waals surface area (Å²) in [5.74, 6) is 0.429. The molecule has 2 aromatic carbocycles. The molecule has 1 atom stereocenters. The van der Waals surface area contributed by atoms with E-state index in [-0.39, 0.29) is 23.6 Å². The number of amides is 1. The Hall–Kier alpha value is -2.53. The first kappa shape index (κ1) is 19.2. The Balaban J connectivity index is 1.97.